The van der Waals surface area contributed by atoms with Crippen LogP contribution in [0.2, 0.25) is 0 Å². The van der Waals surface area contributed by atoms with Gasteiger partial charge in [0.2, 0.25) is 11.8 Å². The number of hydrogen-bond donors (Lipinski definition) is 3. The highest BCUT2D eigenvalue weighted by atomic mass is 16.5. The first-order valence-corrected chi connectivity index (χ1v) is 11.2. The van der Waals surface area contributed by atoms with Crippen molar-refractivity contribution in [2.45, 2.75) is 57.6 Å². The van der Waals surface area contributed by atoms with Gasteiger partial charge in [0.15, 0.2) is 0 Å². The third kappa shape index (κ3) is 7.96. The van der Waals surface area contributed by atoms with Gasteiger partial charge in [-0.2, -0.15) is 0 Å². The fourth-order valence-electron chi connectivity index (χ4n) is 3.93. The summed E-state index contributed by atoms with van der Waals surface area (Å²) in [6.45, 7) is 0.749. The highest BCUT2D eigenvalue weighted by Crippen LogP contribution is 2.27. The maximum atomic E-state index is 12.3. The molecule has 0 spiro atoms. The van der Waals surface area contributed by atoms with Gasteiger partial charge in [-0.25, -0.2) is 0 Å². The Morgan fingerprint density at radius 1 is 1.00 bits per heavy atom. The zero-order valence-corrected chi connectivity index (χ0v) is 18.0. The van der Waals surface area contributed by atoms with Crippen molar-refractivity contribution in [2.24, 2.45) is 11.7 Å². The average molecular weight is 424 g/mol. The molecule has 2 aromatic rings. The quantitative estimate of drug-likeness (QED) is 0.509. The number of ether oxygens (including phenoxy) is 1. The average Bonchev–Trinajstić information content (AvgIpc) is 2.81. The van der Waals surface area contributed by atoms with Gasteiger partial charge in [-0.1, -0.05) is 62.4 Å². The molecule has 0 radical (unpaired) electrons. The van der Waals surface area contributed by atoms with E-state index in [2.05, 4.69) is 10.6 Å². The van der Waals surface area contributed by atoms with Crippen LogP contribution < -0.4 is 21.1 Å². The summed E-state index contributed by atoms with van der Waals surface area (Å²) in [5.41, 5.74) is 7.43. The number of hydrogen-bond acceptors (Lipinski definition) is 4. The van der Waals surface area contributed by atoms with Crippen molar-refractivity contribution in [3.05, 3.63) is 60.2 Å². The molecule has 0 aliphatic heterocycles. The molecule has 1 saturated carbocycles. The lowest BCUT2D eigenvalue weighted by Gasteiger charge is -2.22. The van der Waals surface area contributed by atoms with E-state index in [1.165, 1.54) is 32.1 Å². The molecule has 1 atom stereocenters. The van der Waals surface area contributed by atoms with E-state index in [1.54, 1.807) is 0 Å². The van der Waals surface area contributed by atoms with Crippen molar-refractivity contribution in [2.75, 3.05) is 11.9 Å². The second kappa shape index (κ2) is 12.0. The van der Waals surface area contributed by atoms with Crippen LogP contribution in [0, 0.1) is 5.92 Å². The lowest BCUT2D eigenvalue weighted by atomic mass is 9.86. The summed E-state index contributed by atoms with van der Waals surface area (Å²) < 4.78 is 5.78. The van der Waals surface area contributed by atoms with Gasteiger partial charge in [-0.05, 0) is 42.2 Å². The Morgan fingerprint density at radius 2 is 1.71 bits per heavy atom. The van der Waals surface area contributed by atoms with Gasteiger partial charge in [0.05, 0.1) is 0 Å². The number of benzene rings is 2. The molecule has 1 aliphatic rings. The largest absolute Gasteiger partial charge is 0.489 e. The predicted molar refractivity (Wildman–Crippen MR) is 123 cm³/mol. The van der Waals surface area contributed by atoms with Crippen LogP contribution in [-0.4, -0.2) is 24.4 Å². The molecule has 1 fully saturated rings. The molecule has 1 aliphatic carbocycles. The van der Waals surface area contributed by atoms with Crippen molar-refractivity contribution >= 4 is 17.5 Å². The minimum absolute atomic E-state index is 0.110. The van der Waals surface area contributed by atoms with Crippen LogP contribution in [0.5, 0.6) is 5.75 Å². The van der Waals surface area contributed by atoms with E-state index in [4.69, 9.17) is 10.5 Å². The van der Waals surface area contributed by atoms with E-state index in [1.807, 2.05) is 54.6 Å². The molecule has 6 heteroatoms. The molecule has 3 rings (SSSR count). The maximum absolute atomic E-state index is 12.3. The Balaban J connectivity index is 1.41. The molecule has 166 valence electrons. The molecule has 4 N–H and O–H groups in total. The number of nitrogens with two attached hydrogens (primary N) is 1. The van der Waals surface area contributed by atoms with E-state index in [9.17, 15) is 9.59 Å². The number of anilines is 1. The van der Waals surface area contributed by atoms with Gasteiger partial charge in [-0.15, -0.1) is 0 Å². The first-order chi connectivity index (χ1) is 15.1. The lowest BCUT2D eigenvalue weighted by molar-refractivity contribution is -0.127. The van der Waals surface area contributed by atoms with E-state index < -0.39 is 11.9 Å². The Bertz CT molecular complexity index is 818. The van der Waals surface area contributed by atoms with Gasteiger partial charge in [-0.3, -0.25) is 9.59 Å². The zero-order chi connectivity index (χ0) is 21.9. The van der Waals surface area contributed by atoms with E-state index in [0.29, 0.717) is 18.9 Å². The fraction of sp³-hybridized carbons (Fsp3) is 0.440. The van der Waals surface area contributed by atoms with Gasteiger partial charge in [0, 0.05) is 18.7 Å². The van der Waals surface area contributed by atoms with E-state index >= 15 is 0 Å². The second-order valence-electron chi connectivity index (χ2n) is 8.24. The fourth-order valence-corrected chi connectivity index (χ4v) is 3.93. The van der Waals surface area contributed by atoms with Crippen LogP contribution in [0.1, 0.15) is 50.5 Å². The molecule has 0 heterocycles. The summed E-state index contributed by atoms with van der Waals surface area (Å²) >= 11 is 0. The summed E-state index contributed by atoms with van der Waals surface area (Å²) in [7, 11) is 0. The third-order valence-corrected chi connectivity index (χ3v) is 5.80. The number of primary amides is 1. The normalized spacial score (nSPS) is 15.1. The molecule has 2 amide bonds. The molecule has 1 unspecified atom stereocenters. The minimum atomic E-state index is -0.743. The Morgan fingerprint density at radius 3 is 2.39 bits per heavy atom. The van der Waals surface area contributed by atoms with E-state index in [0.717, 1.165) is 23.4 Å². The number of carbonyl (C=O) groups excluding carboxylic acids is 2. The highest BCUT2D eigenvalue weighted by molar-refractivity contribution is 5.87. The first kappa shape index (κ1) is 22.7. The van der Waals surface area contributed by atoms with Crippen LogP contribution in [0.15, 0.2) is 54.6 Å². The van der Waals surface area contributed by atoms with Crippen molar-refractivity contribution < 1.29 is 14.3 Å². The zero-order valence-electron chi connectivity index (χ0n) is 18.0. The van der Waals surface area contributed by atoms with Crippen molar-refractivity contribution in [1.29, 1.82) is 0 Å². The first-order valence-electron chi connectivity index (χ1n) is 11.2. The number of rotatable bonds is 11. The summed E-state index contributed by atoms with van der Waals surface area (Å²) in [6, 6.07) is 16.7. The SMILES string of the molecule is NC(=O)C(CNc1ccc(OCc2ccccc2)cc1)NC(=O)CCC1CCCCC1. The van der Waals surface area contributed by atoms with E-state index in [-0.39, 0.29) is 12.5 Å². The van der Waals surface area contributed by atoms with Gasteiger partial charge in [0.1, 0.15) is 18.4 Å². The van der Waals surface area contributed by atoms with Crippen molar-refractivity contribution in [1.82, 2.24) is 5.32 Å². The van der Waals surface area contributed by atoms with Crippen LogP contribution >= 0.6 is 0 Å². The topological polar surface area (TPSA) is 93.5 Å². The van der Waals surface area contributed by atoms with Gasteiger partial charge < -0.3 is 21.1 Å². The molecule has 0 aromatic heterocycles. The molecule has 2 aromatic carbocycles. The molecule has 0 saturated heterocycles. The highest BCUT2D eigenvalue weighted by Gasteiger charge is 2.20. The monoisotopic (exact) mass is 423 g/mol. The van der Waals surface area contributed by atoms with Gasteiger partial charge in [0.25, 0.3) is 0 Å². The summed E-state index contributed by atoms with van der Waals surface area (Å²) in [5.74, 6) is 0.742. The van der Waals surface area contributed by atoms with Crippen molar-refractivity contribution in [3.8, 4) is 5.75 Å². The maximum Gasteiger partial charge on any atom is 0.241 e. The Hall–Kier alpha value is -3.02. The summed E-state index contributed by atoms with van der Waals surface area (Å²) in [6.07, 6.45) is 7.57. The van der Waals surface area contributed by atoms with Crippen LogP contribution in [0.3, 0.4) is 0 Å². The minimum Gasteiger partial charge on any atom is -0.489 e. The number of amides is 2. The number of nitrogens with one attached hydrogen (secondary N) is 2. The molecule has 0 bridgehead atoms. The van der Waals surface area contributed by atoms with Crippen LogP contribution in [0.25, 0.3) is 0 Å². The lowest BCUT2D eigenvalue weighted by Crippen LogP contribution is -2.48. The molecule has 31 heavy (non-hydrogen) atoms. The molecule has 6 nitrogen and oxygen atoms in total. The van der Waals surface area contributed by atoms with Crippen LogP contribution in [-0.2, 0) is 16.2 Å². The standard InChI is InChI=1S/C25H33N3O3/c26-25(30)23(28-24(29)16-11-19-7-3-1-4-8-19)17-27-21-12-14-22(15-13-21)31-18-20-9-5-2-6-10-20/h2,5-6,9-10,12-15,19,23,27H,1,3-4,7-8,11,16-18H2,(H2,26,30)(H,28,29). The van der Waals surface area contributed by atoms with Crippen LogP contribution in [0.4, 0.5) is 5.69 Å². The predicted octanol–water partition coefficient (Wildman–Crippen LogP) is 4.01. The third-order valence-electron chi connectivity index (χ3n) is 5.80. The summed E-state index contributed by atoms with van der Waals surface area (Å²) in [5, 5.41) is 5.94. The smallest absolute Gasteiger partial charge is 0.241 e. The van der Waals surface area contributed by atoms with Crippen molar-refractivity contribution in [3.63, 3.8) is 0 Å². The van der Waals surface area contributed by atoms with Gasteiger partial charge >= 0.3 is 0 Å². The Labute approximate surface area is 184 Å². The Kier molecular flexibility index (Phi) is 8.76. The molecular weight excluding hydrogens is 390 g/mol. The molecular formula is C25H33N3O3. The summed E-state index contributed by atoms with van der Waals surface area (Å²) in [4.78, 5) is 24.1. The second-order valence-corrected chi connectivity index (χ2v) is 8.24. The number of carbonyl (C=O) groups is 2.